The number of benzene rings is 1. The Labute approximate surface area is 182 Å². The molecule has 3 heterocycles. The van der Waals surface area contributed by atoms with Crippen molar-refractivity contribution in [2.45, 2.75) is 13.5 Å². The Bertz CT molecular complexity index is 1090. The minimum absolute atomic E-state index is 0.0692. The Morgan fingerprint density at radius 3 is 2.48 bits per heavy atom. The van der Waals surface area contributed by atoms with Gasteiger partial charge >= 0.3 is 0 Å². The van der Waals surface area contributed by atoms with Crippen LogP contribution in [0.1, 0.15) is 11.5 Å². The molecule has 0 saturated carbocycles. The summed E-state index contributed by atoms with van der Waals surface area (Å²) in [5, 5.41) is 8.69. The predicted octanol–water partition coefficient (Wildman–Crippen LogP) is 3.81. The van der Waals surface area contributed by atoms with Crippen LogP contribution in [-0.4, -0.2) is 46.0 Å². The second-order valence-corrected chi connectivity index (χ2v) is 8.04. The molecule has 0 N–H and O–H groups in total. The van der Waals surface area contributed by atoms with Crippen LogP contribution in [0.15, 0.2) is 39.8 Å². The monoisotopic (exact) mass is 453 g/mol. The van der Waals surface area contributed by atoms with Gasteiger partial charge in [-0.2, -0.15) is 9.78 Å². The van der Waals surface area contributed by atoms with Gasteiger partial charge in [0.2, 0.25) is 0 Å². The summed E-state index contributed by atoms with van der Waals surface area (Å²) >= 11 is 18.3. The van der Waals surface area contributed by atoms with E-state index < -0.39 is 5.56 Å². The maximum atomic E-state index is 12.3. The number of aryl methyl sites for hydroxylation is 1. The largest absolute Gasteiger partial charge is 0.368 e. The number of halogens is 3. The number of aromatic nitrogens is 3. The summed E-state index contributed by atoms with van der Waals surface area (Å²) < 4.78 is 6.31. The van der Waals surface area contributed by atoms with E-state index in [1.54, 1.807) is 12.1 Å². The SMILES string of the molecule is Cc1cc(CN2CCN(c3ccc(-n4ncc(Cl)c(Cl)c4=O)cc3Cl)CC2)no1. The minimum Gasteiger partial charge on any atom is -0.368 e. The van der Waals surface area contributed by atoms with Crippen molar-refractivity contribution in [2.75, 3.05) is 31.1 Å². The molecule has 4 rings (SSSR count). The first-order valence-corrected chi connectivity index (χ1v) is 10.2. The molecular weight excluding hydrogens is 437 g/mol. The Morgan fingerprint density at radius 1 is 1.07 bits per heavy atom. The molecule has 152 valence electrons. The highest BCUT2D eigenvalue weighted by atomic mass is 35.5. The number of nitrogens with zero attached hydrogens (tertiary/aromatic N) is 5. The van der Waals surface area contributed by atoms with Gasteiger partial charge in [-0.1, -0.05) is 40.0 Å². The van der Waals surface area contributed by atoms with Gasteiger partial charge in [0.25, 0.3) is 5.56 Å². The van der Waals surface area contributed by atoms with Crippen molar-refractivity contribution in [3.63, 3.8) is 0 Å². The molecule has 1 fully saturated rings. The van der Waals surface area contributed by atoms with Crippen molar-refractivity contribution >= 4 is 40.5 Å². The molecule has 0 spiro atoms. The van der Waals surface area contributed by atoms with Crippen molar-refractivity contribution in [2.24, 2.45) is 0 Å². The van der Waals surface area contributed by atoms with Crippen molar-refractivity contribution in [3.8, 4) is 5.69 Å². The highest BCUT2D eigenvalue weighted by Crippen LogP contribution is 2.29. The molecule has 7 nitrogen and oxygen atoms in total. The molecule has 1 saturated heterocycles. The van der Waals surface area contributed by atoms with Crippen LogP contribution in [0.4, 0.5) is 5.69 Å². The zero-order valence-corrected chi connectivity index (χ0v) is 17.9. The van der Waals surface area contributed by atoms with Gasteiger partial charge in [0.05, 0.1) is 33.3 Å². The summed E-state index contributed by atoms with van der Waals surface area (Å²) in [5.41, 5.74) is 1.90. The van der Waals surface area contributed by atoms with Crippen LogP contribution >= 0.6 is 34.8 Å². The highest BCUT2D eigenvalue weighted by Gasteiger charge is 2.20. The molecule has 0 radical (unpaired) electrons. The average molecular weight is 455 g/mol. The second kappa shape index (κ2) is 8.36. The maximum absolute atomic E-state index is 12.3. The zero-order valence-electron chi connectivity index (χ0n) is 15.6. The lowest BCUT2D eigenvalue weighted by atomic mass is 10.2. The summed E-state index contributed by atoms with van der Waals surface area (Å²) in [6.07, 6.45) is 1.34. The van der Waals surface area contributed by atoms with Crippen molar-refractivity contribution < 1.29 is 4.52 Å². The average Bonchev–Trinajstić information content (AvgIpc) is 3.12. The zero-order chi connectivity index (χ0) is 20.5. The van der Waals surface area contributed by atoms with E-state index in [0.29, 0.717) is 10.7 Å². The fraction of sp³-hybridized carbons (Fsp3) is 0.316. The van der Waals surface area contributed by atoms with E-state index in [1.165, 1.54) is 10.9 Å². The summed E-state index contributed by atoms with van der Waals surface area (Å²) in [5.74, 6) is 0.820. The lowest BCUT2D eigenvalue weighted by Crippen LogP contribution is -2.46. The van der Waals surface area contributed by atoms with Crippen LogP contribution in [0.2, 0.25) is 15.1 Å². The van der Waals surface area contributed by atoms with Crippen molar-refractivity contribution in [3.05, 3.63) is 67.3 Å². The first-order chi connectivity index (χ1) is 13.9. The number of rotatable bonds is 4. The van der Waals surface area contributed by atoms with Gasteiger partial charge < -0.3 is 9.42 Å². The Kier molecular flexibility index (Phi) is 5.83. The fourth-order valence-electron chi connectivity index (χ4n) is 3.35. The highest BCUT2D eigenvalue weighted by molar-refractivity contribution is 6.41. The van der Waals surface area contributed by atoms with Gasteiger partial charge in [-0.15, -0.1) is 0 Å². The third-order valence-electron chi connectivity index (χ3n) is 4.83. The third-order valence-corrected chi connectivity index (χ3v) is 5.88. The van der Waals surface area contributed by atoms with E-state index >= 15 is 0 Å². The lowest BCUT2D eigenvalue weighted by Gasteiger charge is -2.36. The molecule has 0 unspecified atom stereocenters. The van der Waals surface area contributed by atoms with Gasteiger partial charge in [-0.3, -0.25) is 9.69 Å². The molecule has 1 aliphatic heterocycles. The van der Waals surface area contributed by atoms with E-state index in [-0.39, 0.29) is 10.0 Å². The Balaban J connectivity index is 1.47. The molecule has 29 heavy (non-hydrogen) atoms. The molecular formula is C19H18Cl3N5O2. The molecule has 0 atom stereocenters. The van der Waals surface area contributed by atoms with E-state index in [0.717, 1.165) is 49.9 Å². The third kappa shape index (κ3) is 4.28. The van der Waals surface area contributed by atoms with Crippen LogP contribution in [0, 0.1) is 6.92 Å². The number of hydrogen-bond acceptors (Lipinski definition) is 6. The molecule has 10 heteroatoms. The smallest absolute Gasteiger partial charge is 0.291 e. The van der Waals surface area contributed by atoms with E-state index in [4.69, 9.17) is 39.3 Å². The van der Waals surface area contributed by atoms with Crippen molar-refractivity contribution in [1.82, 2.24) is 19.8 Å². The first kappa shape index (κ1) is 20.2. The fourth-order valence-corrected chi connectivity index (χ4v) is 3.90. The Hall–Kier alpha value is -2.06. The number of hydrogen-bond donors (Lipinski definition) is 0. The summed E-state index contributed by atoms with van der Waals surface area (Å²) in [6, 6.07) is 7.36. The maximum Gasteiger partial charge on any atom is 0.291 e. The van der Waals surface area contributed by atoms with Crippen molar-refractivity contribution in [1.29, 1.82) is 0 Å². The van der Waals surface area contributed by atoms with Crippen LogP contribution in [0.5, 0.6) is 0 Å². The summed E-state index contributed by atoms with van der Waals surface area (Å²) in [6.45, 7) is 6.10. The Morgan fingerprint density at radius 2 is 1.83 bits per heavy atom. The predicted molar refractivity (Wildman–Crippen MR) is 114 cm³/mol. The molecule has 0 amide bonds. The topological polar surface area (TPSA) is 67.4 Å². The molecule has 1 aliphatic rings. The van der Waals surface area contributed by atoms with Crippen LogP contribution < -0.4 is 10.5 Å². The van der Waals surface area contributed by atoms with Gasteiger partial charge in [0.1, 0.15) is 10.8 Å². The van der Waals surface area contributed by atoms with E-state index in [9.17, 15) is 4.79 Å². The first-order valence-electron chi connectivity index (χ1n) is 9.05. The van der Waals surface area contributed by atoms with Gasteiger partial charge in [0.15, 0.2) is 0 Å². The molecule has 2 aromatic heterocycles. The number of piperazine rings is 1. The summed E-state index contributed by atoms with van der Waals surface area (Å²) in [7, 11) is 0. The molecule has 1 aromatic carbocycles. The second-order valence-electron chi connectivity index (χ2n) is 6.85. The van der Waals surface area contributed by atoms with Gasteiger partial charge in [0, 0.05) is 38.8 Å². The lowest BCUT2D eigenvalue weighted by molar-refractivity contribution is 0.242. The minimum atomic E-state index is -0.486. The van der Waals surface area contributed by atoms with Gasteiger partial charge in [-0.05, 0) is 25.1 Å². The molecule has 0 bridgehead atoms. The van der Waals surface area contributed by atoms with Gasteiger partial charge in [-0.25, -0.2) is 0 Å². The van der Waals surface area contributed by atoms with E-state index in [2.05, 4.69) is 20.1 Å². The van der Waals surface area contributed by atoms with E-state index in [1.807, 2.05) is 19.1 Å². The van der Waals surface area contributed by atoms with Crippen LogP contribution in [0.25, 0.3) is 5.69 Å². The molecule has 0 aliphatic carbocycles. The quantitative estimate of drug-likeness (QED) is 0.597. The standard InChI is InChI=1S/C19H18Cl3N5O2/c1-12-8-13(24-29-12)11-25-4-6-26(7-5-25)17-3-2-14(9-15(17)20)27-19(28)18(22)16(21)10-23-27/h2-3,8-10H,4-7,11H2,1H3. The van der Waals surface area contributed by atoms with Crippen LogP contribution in [-0.2, 0) is 6.54 Å². The summed E-state index contributed by atoms with van der Waals surface area (Å²) in [4.78, 5) is 16.8. The number of anilines is 1. The molecule has 3 aromatic rings. The normalized spacial score (nSPS) is 15.1. The van der Waals surface area contributed by atoms with Crippen LogP contribution in [0.3, 0.4) is 0 Å².